The highest BCUT2D eigenvalue weighted by atomic mass is 32.1. The van der Waals surface area contributed by atoms with Crippen LogP contribution >= 0.6 is 11.3 Å². The van der Waals surface area contributed by atoms with Gasteiger partial charge < -0.3 is 14.8 Å². The first-order valence-corrected chi connectivity index (χ1v) is 10.2. The number of hydrogen-bond donors (Lipinski definition) is 1. The lowest BCUT2D eigenvalue weighted by molar-refractivity contribution is -0.115. The standard InChI is InChI=1S/C22H22N2O3S/c1-14(2)15-3-5-16(6-4-15)22-24-18(13-28-22)12-21(25)23-17-7-8-19-20(11-17)27-10-9-26-19/h3-8,11,13-14H,9-10,12H2,1-2H3,(H,23,25). The predicted molar refractivity (Wildman–Crippen MR) is 111 cm³/mol. The van der Waals surface area contributed by atoms with E-state index in [1.165, 1.54) is 5.56 Å². The minimum absolute atomic E-state index is 0.108. The zero-order chi connectivity index (χ0) is 19.5. The number of rotatable bonds is 5. The fourth-order valence-electron chi connectivity index (χ4n) is 3.02. The average molecular weight is 394 g/mol. The van der Waals surface area contributed by atoms with Gasteiger partial charge >= 0.3 is 0 Å². The molecular formula is C22H22N2O3S. The molecule has 0 spiro atoms. The highest BCUT2D eigenvalue weighted by Gasteiger charge is 2.14. The second kappa shape index (κ2) is 8.02. The Bertz CT molecular complexity index is 980. The normalized spacial score (nSPS) is 12.8. The Hall–Kier alpha value is -2.86. The van der Waals surface area contributed by atoms with Gasteiger partial charge in [-0.3, -0.25) is 4.79 Å². The van der Waals surface area contributed by atoms with Crippen LogP contribution in [0.15, 0.2) is 47.8 Å². The van der Waals surface area contributed by atoms with E-state index in [1.807, 2.05) is 17.5 Å². The molecule has 0 saturated carbocycles. The molecule has 0 fully saturated rings. The van der Waals surface area contributed by atoms with E-state index in [9.17, 15) is 4.79 Å². The van der Waals surface area contributed by atoms with Crippen molar-refractivity contribution in [3.05, 3.63) is 59.1 Å². The summed E-state index contributed by atoms with van der Waals surface area (Å²) in [6.07, 6.45) is 0.231. The maximum absolute atomic E-state index is 12.4. The Kier molecular flexibility index (Phi) is 5.30. The molecule has 0 saturated heterocycles. The van der Waals surface area contributed by atoms with Gasteiger partial charge in [-0.1, -0.05) is 38.1 Å². The van der Waals surface area contributed by atoms with E-state index in [2.05, 4.69) is 48.4 Å². The molecule has 0 unspecified atom stereocenters. The number of benzene rings is 2. The first-order valence-electron chi connectivity index (χ1n) is 9.33. The van der Waals surface area contributed by atoms with E-state index in [0.717, 1.165) is 16.3 Å². The molecule has 2 aromatic carbocycles. The Morgan fingerprint density at radius 3 is 2.61 bits per heavy atom. The van der Waals surface area contributed by atoms with Crippen LogP contribution in [0.3, 0.4) is 0 Å². The van der Waals surface area contributed by atoms with Gasteiger partial charge in [-0.15, -0.1) is 11.3 Å². The summed E-state index contributed by atoms with van der Waals surface area (Å²) in [6.45, 7) is 5.42. The van der Waals surface area contributed by atoms with Gasteiger partial charge in [0.25, 0.3) is 0 Å². The number of carbonyl (C=O) groups is 1. The van der Waals surface area contributed by atoms with Crippen molar-refractivity contribution < 1.29 is 14.3 Å². The van der Waals surface area contributed by atoms with Crippen molar-refractivity contribution in [2.75, 3.05) is 18.5 Å². The predicted octanol–water partition coefficient (Wildman–Crippen LogP) is 4.89. The largest absolute Gasteiger partial charge is 0.486 e. The van der Waals surface area contributed by atoms with Gasteiger partial charge in [0.15, 0.2) is 11.5 Å². The van der Waals surface area contributed by atoms with Gasteiger partial charge in [-0.05, 0) is 23.6 Å². The maximum atomic E-state index is 12.4. The molecule has 0 bridgehead atoms. The van der Waals surface area contributed by atoms with Gasteiger partial charge in [0.2, 0.25) is 5.91 Å². The fraction of sp³-hybridized carbons (Fsp3) is 0.273. The molecule has 1 amide bonds. The zero-order valence-corrected chi connectivity index (χ0v) is 16.7. The second-order valence-electron chi connectivity index (χ2n) is 7.00. The summed E-state index contributed by atoms with van der Waals surface area (Å²) in [5.41, 5.74) is 3.84. The number of fused-ring (bicyclic) bond motifs is 1. The molecule has 1 aliphatic rings. The third kappa shape index (κ3) is 4.17. The minimum Gasteiger partial charge on any atom is -0.486 e. The third-order valence-corrected chi connectivity index (χ3v) is 5.48. The second-order valence-corrected chi connectivity index (χ2v) is 7.86. The van der Waals surface area contributed by atoms with Crippen LogP contribution < -0.4 is 14.8 Å². The highest BCUT2D eigenvalue weighted by Crippen LogP contribution is 2.32. The lowest BCUT2D eigenvalue weighted by atomic mass is 10.0. The molecule has 28 heavy (non-hydrogen) atoms. The smallest absolute Gasteiger partial charge is 0.230 e. The first-order chi connectivity index (χ1) is 13.6. The minimum atomic E-state index is -0.108. The molecule has 0 aliphatic carbocycles. The van der Waals surface area contributed by atoms with Crippen LogP contribution in [0, 0.1) is 0 Å². The van der Waals surface area contributed by atoms with E-state index >= 15 is 0 Å². The number of hydrogen-bond acceptors (Lipinski definition) is 5. The number of amides is 1. The number of aromatic nitrogens is 1. The molecular weight excluding hydrogens is 372 g/mol. The Morgan fingerprint density at radius 2 is 1.86 bits per heavy atom. The van der Waals surface area contributed by atoms with Gasteiger partial charge in [0.1, 0.15) is 18.2 Å². The summed E-state index contributed by atoms with van der Waals surface area (Å²) in [6, 6.07) is 13.9. The van der Waals surface area contributed by atoms with Crippen molar-refractivity contribution in [1.82, 2.24) is 4.98 Å². The van der Waals surface area contributed by atoms with Crippen molar-refractivity contribution in [2.45, 2.75) is 26.2 Å². The average Bonchev–Trinajstić information content (AvgIpc) is 3.16. The number of ether oxygens (including phenoxy) is 2. The number of nitrogens with one attached hydrogen (secondary N) is 1. The molecule has 4 rings (SSSR count). The third-order valence-electron chi connectivity index (χ3n) is 4.54. The molecule has 3 aromatic rings. The molecule has 1 aliphatic heterocycles. The Labute approximate surface area is 168 Å². The van der Waals surface area contributed by atoms with Gasteiger partial charge in [-0.2, -0.15) is 0 Å². The number of carbonyl (C=O) groups excluding carboxylic acids is 1. The van der Waals surface area contributed by atoms with Crippen LogP contribution in [0.5, 0.6) is 11.5 Å². The van der Waals surface area contributed by atoms with Crippen LogP contribution in [0.2, 0.25) is 0 Å². The van der Waals surface area contributed by atoms with Gasteiger partial charge in [-0.25, -0.2) is 4.98 Å². The van der Waals surface area contributed by atoms with Crippen molar-refractivity contribution in [3.63, 3.8) is 0 Å². The van der Waals surface area contributed by atoms with Crippen LogP contribution in [0.1, 0.15) is 31.0 Å². The molecule has 2 heterocycles. The van der Waals surface area contributed by atoms with E-state index in [1.54, 1.807) is 17.4 Å². The molecule has 0 radical (unpaired) electrons. The lowest BCUT2D eigenvalue weighted by Crippen LogP contribution is -2.17. The number of anilines is 1. The summed E-state index contributed by atoms with van der Waals surface area (Å²) >= 11 is 1.56. The van der Waals surface area contributed by atoms with Crippen LogP contribution in [0.25, 0.3) is 10.6 Å². The van der Waals surface area contributed by atoms with Crippen LogP contribution in [-0.4, -0.2) is 24.1 Å². The van der Waals surface area contributed by atoms with Crippen LogP contribution in [-0.2, 0) is 11.2 Å². The lowest BCUT2D eigenvalue weighted by Gasteiger charge is -2.18. The van der Waals surface area contributed by atoms with Crippen LogP contribution in [0.4, 0.5) is 5.69 Å². The topological polar surface area (TPSA) is 60.5 Å². The first kappa shape index (κ1) is 18.5. The molecule has 6 heteroatoms. The summed E-state index contributed by atoms with van der Waals surface area (Å²) in [7, 11) is 0. The van der Waals surface area contributed by atoms with Crippen molar-refractivity contribution in [3.8, 4) is 22.1 Å². The summed E-state index contributed by atoms with van der Waals surface area (Å²) < 4.78 is 11.1. The van der Waals surface area contributed by atoms with Crippen molar-refractivity contribution in [1.29, 1.82) is 0 Å². The summed E-state index contributed by atoms with van der Waals surface area (Å²) in [4.78, 5) is 17.0. The molecule has 5 nitrogen and oxygen atoms in total. The Morgan fingerprint density at radius 1 is 1.11 bits per heavy atom. The summed E-state index contributed by atoms with van der Waals surface area (Å²) in [5, 5.41) is 5.77. The maximum Gasteiger partial charge on any atom is 0.230 e. The SMILES string of the molecule is CC(C)c1ccc(-c2nc(CC(=O)Nc3ccc4c(c3)OCCO4)cs2)cc1. The molecule has 1 aromatic heterocycles. The number of nitrogens with zero attached hydrogens (tertiary/aromatic N) is 1. The number of thiazole rings is 1. The molecule has 1 N–H and O–H groups in total. The Balaban J connectivity index is 1.40. The monoisotopic (exact) mass is 394 g/mol. The zero-order valence-electron chi connectivity index (χ0n) is 15.9. The van der Waals surface area contributed by atoms with E-state index in [-0.39, 0.29) is 12.3 Å². The van der Waals surface area contributed by atoms with E-state index in [0.29, 0.717) is 36.3 Å². The van der Waals surface area contributed by atoms with Gasteiger partial charge in [0.05, 0.1) is 12.1 Å². The quantitative estimate of drug-likeness (QED) is 0.670. The van der Waals surface area contributed by atoms with Gasteiger partial charge in [0, 0.05) is 22.7 Å². The van der Waals surface area contributed by atoms with Crippen molar-refractivity contribution >= 4 is 22.9 Å². The highest BCUT2D eigenvalue weighted by molar-refractivity contribution is 7.13. The summed E-state index contributed by atoms with van der Waals surface area (Å²) in [5.74, 6) is 1.76. The fourth-order valence-corrected chi connectivity index (χ4v) is 3.85. The molecule has 144 valence electrons. The van der Waals surface area contributed by atoms with Crippen molar-refractivity contribution in [2.24, 2.45) is 0 Å². The van der Waals surface area contributed by atoms with E-state index in [4.69, 9.17) is 9.47 Å². The molecule has 0 atom stereocenters. The van der Waals surface area contributed by atoms with E-state index < -0.39 is 0 Å².